The third kappa shape index (κ3) is 3.44. The summed E-state index contributed by atoms with van der Waals surface area (Å²) in [6.45, 7) is 6.23. The first-order valence-electron chi connectivity index (χ1n) is 10.5. The molecule has 0 amide bonds. The minimum atomic E-state index is -0.552. The van der Waals surface area contributed by atoms with Gasteiger partial charge in [-0.25, -0.2) is 9.59 Å². The molecule has 5 rings (SSSR count). The summed E-state index contributed by atoms with van der Waals surface area (Å²) in [5, 5.41) is 1.36. The van der Waals surface area contributed by atoms with Crippen molar-refractivity contribution in [2.75, 3.05) is 20.4 Å². The molecule has 0 spiro atoms. The molecule has 164 valence electrons. The predicted molar refractivity (Wildman–Crippen MR) is 121 cm³/mol. The summed E-state index contributed by atoms with van der Waals surface area (Å²) < 4.78 is 22.4. The van der Waals surface area contributed by atoms with Crippen molar-refractivity contribution in [1.82, 2.24) is 4.90 Å². The van der Waals surface area contributed by atoms with Gasteiger partial charge in [0, 0.05) is 35.5 Å². The van der Waals surface area contributed by atoms with Gasteiger partial charge in [-0.05, 0) is 30.2 Å². The van der Waals surface area contributed by atoms with Gasteiger partial charge in [-0.2, -0.15) is 0 Å². The van der Waals surface area contributed by atoms with E-state index in [0.717, 1.165) is 12.1 Å². The zero-order chi connectivity index (χ0) is 22.4. The lowest BCUT2D eigenvalue weighted by Crippen LogP contribution is -2.34. The predicted octanol–water partition coefficient (Wildman–Crippen LogP) is 4.38. The molecule has 0 atom stereocenters. The Morgan fingerprint density at radius 1 is 1.03 bits per heavy atom. The van der Waals surface area contributed by atoms with E-state index in [4.69, 9.17) is 18.3 Å². The lowest BCUT2D eigenvalue weighted by Gasteiger charge is -2.30. The van der Waals surface area contributed by atoms with Gasteiger partial charge in [-0.1, -0.05) is 26.0 Å². The molecular weight excluding hydrogens is 410 g/mol. The molecule has 0 aliphatic carbocycles. The molecule has 2 aromatic heterocycles. The first kappa shape index (κ1) is 20.3. The molecule has 2 aromatic carbocycles. The number of methoxy groups -OCH3 is 1. The third-order valence-corrected chi connectivity index (χ3v) is 5.61. The molecule has 4 aromatic rings. The average Bonchev–Trinajstić information content (AvgIpc) is 2.77. The minimum Gasteiger partial charge on any atom is -0.493 e. The maximum atomic E-state index is 12.9. The molecule has 0 unspecified atom stereocenters. The Labute approximate surface area is 183 Å². The van der Waals surface area contributed by atoms with Crippen molar-refractivity contribution in [3.63, 3.8) is 0 Å². The lowest BCUT2D eigenvalue weighted by atomic mass is 9.99. The molecule has 0 saturated heterocycles. The van der Waals surface area contributed by atoms with Crippen molar-refractivity contribution < 1.29 is 18.3 Å². The number of para-hydroxylation sites is 1. The smallest absolute Gasteiger partial charge is 0.344 e. The van der Waals surface area contributed by atoms with Gasteiger partial charge in [0.05, 0.1) is 18.2 Å². The van der Waals surface area contributed by atoms with E-state index in [0.29, 0.717) is 63.8 Å². The van der Waals surface area contributed by atoms with Gasteiger partial charge in [0.25, 0.3) is 0 Å². The lowest BCUT2D eigenvalue weighted by molar-refractivity contribution is 0.0848. The van der Waals surface area contributed by atoms with E-state index in [1.807, 2.05) is 24.3 Å². The Morgan fingerprint density at radius 2 is 1.88 bits per heavy atom. The Kier molecular flexibility index (Phi) is 4.98. The highest BCUT2D eigenvalue weighted by molar-refractivity contribution is 5.97. The van der Waals surface area contributed by atoms with Gasteiger partial charge < -0.3 is 18.3 Å². The summed E-state index contributed by atoms with van der Waals surface area (Å²) in [6, 6.07) is 12.1. The minimum absolute atomic E-state index is 0.291. The molecule has 1 aliphatic heterocycles. The van der Waals surface area contributed by atoms with Crippen molar-refractivity contribution in [1.29, 1.82) is 0 Å². The van der Waals surface area contributed by atoms with Crippen molar-refractivity contribution >= 4 is 21.9 Å². The van der Waals surface area contributed by atoms with Gasteiger partial charge >= 0.3 is 11.3 Å². The van der Waals surface area contributed by atoms with Crippen molar-refractivity contribution in [3.05, 3.63) is 68.9 Å². The molecule has 0 bridgehead atoms. The van der Waals surface area contributed by atoms with Crippen molar-refractivity contribution in [2.24, 2.45) is 5.92 Å². The normalized spacial score (nSPS) is 14.0. The van der Waals surface area contributed by atoms with Crippen LogP contribution in [-0.4, -0.2) is 25.3 Å². The average molecular weight is 433 g/mol. The van der Waals surface area contributed by atoms with E-state index < -0.39 is 11.3 Å². The number of benzene rings is 2. The standard InChI is InChI=1S/C25H23NO6/c1-14(2)11-26-12-19-20(30-13-26)8-7-16-17(10-22(27)31-24(16)19)18-9-15-5-4-6-21(29-3)23(15)32-25(18)28/h4-10,14H,11-13H2,1-3H3. The van der Waals surface area contributed by atoms with Crippen LogP contribution < -0.4 is 20.7 Å². The second-order valence-electron chi connectivity index (χ2n) is 8.40. The Morgan fingerprint density at radius 3 is 2.66 bits per heavy atom. The Balaban J connectivity index is 1.72. The fourth-order valence-corrected chi connectivity index (χ4v) is 4.30. The molecule has 3 heterocycles. The summed E-state index contributed by atoms with van der Waals surface area (Å²) >= 11 is 0. The van der Waals surface area contributed by atoms with E-state index in [1.54, 1.807) is 12.1 Å². The van der Waals surface area contributed by atoms with E-state index in [-0.39, 0.29) is 0 Å². The second-order valence-corrected chi connectivity index (χ2v) is 8.40. The molecule has 0 fully saturated rings. The number of ether oxygens (including phenoxy) is 2. The summed E-state index contributed by atoms with van der Waals surface area (Å²) in [4.78, 5) is 27.6. The molecule has 0 saturated carbocycles. The number of nitrogens with zero attached hydrogens (tertiary/aromatic N) is 1. The van der Waals surface area contributed by atoms with E-state index in [2.05, 4.69) is 18.7 Å². The monoisotopic (exact) mass is 433 g/mol. The number of hydrogen-bond acceptors (Lipinski definition) is 7. The molecule has 1 aliphatic rings. The van der Waals surface area contributed by atoms with Crippen molar-refractivity contribution in [2.45, 2.75) is 20.4 Å². The van der Waals surface area contributed by atoms with Crippen LogP contribution in [0.25, 0.3) is 33.1 Å². The fourth-order valence-electron chi connectivity index (χ4n) is 4.30. The van der Waals surface area contributed by atoms with E-state index in [1.165, 1.54) is 13.2 Å². The van der Waals surface area contributed by atoms with Crippen LogP contribution in [0.5, 0.6) is 11.5 Å². The van der Waals surface area contributed by atoms with Gasteiger partial charge in [-0.15, -0.1) is 0 Å². The topological polar surface area (TPSA) is 82.1 Å². The maximum Gasteiger partial charge on any atom is 0.344 e. The highest BCUT2D eigenvalue weighted by Crippen LogP contribution is 2.36. The van der Waals surface area contributed by atoms with Gasteiger partial charge in [-0.3, -0.25) is 4.90 Å². The zero-order valence-electron chi connectivity index (χ0n) is 18.1. The highest BCUT2D eigenvalue weighted by Gasteiger charge is 2.24. The summed E-state index contributed by atoms with van der Waals surface area (Å²) in [5.41, 5.74) is 1.28. The van der Waals surface area contributed by atoms with Gasteiger partial charge in [0.2, 0.25) is 0 Å². The third-order valence-electron chi connectivity index (χ3n) is 5.61. The number of fused-ring (bicyclic) bond motifs is 4. The van der Waals surface area contributed by atoms with Crippen LogP contribution in [0.1, 0.15) is 19.4 Å². The Hall–Kier alpha value is -3.58. The first-order chi connectivity index (χ1) is 15.4. The van der Waals surface area contributed by atoms with Crippen LogP contribution in [-0.2, 0) is 6.54 Å². The fraction of sp³-hybridized carbons (Fsp3) is 0.280. The van der Waals surface area contributed by atoms with Crippen molar-refractivity contribution in [3.8, 4) is 22.6 Å². The summed E-state index contributed by atoms with van der Waals surface area (Å²) in [6.07, 6.45) is 0. The summed E-state index contributed by atoms with van der Waals surface area (Å²) in [5.74, 6) is 1.63. The second kappa shape index (κ2) is 7.84. The zero-order valence-corrected chi connectivity index (χ0v) is 18.1. The highest BCUT2D eigenvalue weighted by atomic mass is 16.5. The molecular formula is C25H23NO6. The van der Waals surface area contributed by atoms with Crippen LogP contribution in [0.15, 0.2) is 60.9 Å². The SMILES string of the molecule is COc1cccc2cc(-c3cc(=O)oc4c5c(ccc34)OCN(CC(C)C)C5)c(=O)oc12. The van der Waals surface area contributed by atoms with Crippen LogP contribution in [0, 0.1) is 5.92 Å². The molecule has 32 heavy (non-hydrogen) atoms. The van der Waals surface area contributed by atoms with Gasteiger partial charge in [0.1, 0.15) is 18.1 Å². The van der Waals surface area contributed by atoms with Crippen LogP contribution in [0.2, 0.25) is 0 Å². The largest absolute Gasteiger partial charge is 0.493 e. The van der Waals surface area contributed by atoms with Crippen LogP contribution in [0.4, 0.5) is 0 Å². The Bertz CT molecular complexity index is 1450. The maximum absolute atomic E-state index is 12.9. The molecule has 7 heteroatoms. The molecule has 0 radical (unpaired) electrons. The first-order valence-corrected chi connectivity index (χ1v) is 10.5. The van der Waals surface area contributed by atoms with Gasteiger partial charge in [0.15, 0.2) is 11.3 Å². The molecule has 0 N–H and O–H groups in total. The van der Waals surface area contributed by atoms with E-state index >= 15 is 0 Å². The van der Waals surface area contributed by atoms with Crippen LogP contribution >= 0.6 is 0 Å². The quantitative estimate of drug-likeness (QED) is 0.442. The molecule has 7 nitrogen and oxygen atoms in total. The van der Waals surface area contributed by atoms with Crippen LogP contribution in [0.3, 0.4) is 0 Å². The number of hydrogen-bond donors (Lipinski definition) is 0. The summed E-state index contributed by atoms with van der Waals surface area (Å²) in [7, 11) is 1.52. The number of rotatable bonds is 4. The van der Waals surface area contributed by atoms with E-state index in [9.17, 15) is 9.59 Å².